The molecule has 7 nitrogen and oxygen atoms in total. The van der Waals surface area contributed by atoms with Crippen molar-refractivity contribution in [2.45, 2.75) is 62.8 Å². The lowest BCUT2D eigenvalue weighted by atomic mass is 9.89. The molecule has 1 amide bonds. The summed E-state index contributed by atoms with van der Waals surface area (Å²) in [4.78, 5) is 18.1. The molecule has 2 heterocycles. The Morgan fingerprint density at radius 1 is 1.03 bits per heavy atom. The molecule has 1 aromatic heterocycles. The third kappa shape index (κ3) is 6.12. The molecule has 1 saturated carbocycles. The Kier molecular flexibility index (Phi) is 7.60. The fourth-order valence-corrected chi connectivity index (χ4v) is 5.47. The summed E-state index contributed by atoms with van der Waals surface area (Å²) in [5.74, 6) is 0.0517. The largest absolute Gasteiger partial charge is 0.424 e. The second-order valence-electron chi connectivity index (χ2n) is 10.1. The van der Waals surface area contributed by atoms with Crippen LogP contribution in [0, 0.1) is 0 Å². The molecule has 38 heavy (non-hydrogen) atoms. The molecular weight excluding hydrogens is 495 g/mol. The van der Waals surface area contributed by atoms with Crippen LogP contribution in [0.15, 0.2) is 59.1 Å². The van der Waals surface area contributed by atoms with E-state index in [-0.39, 0.29) is 18.1 Å². The minimum Gasteiger partial charge on any atom is -0.424 e. The standard InChI is InChI=1S/C28H32F3N5O2/c29-28(30,31)20-10-12-22(13-11-20)36-14-4-7-21(17-36)34-23-8-1-2-9-24(23)35-27-33-16-25(38-27)18-5-3-6-19(15-18)26(32)37/h3,5-6,10-13,15-16,21,23-24,34H,1-2,4,7-9,14,17H2,(H2,32,37)(H,33,35)/t21?,23-,24-/m1/s1. The van der Waals surface area contributed by atoms with Gasteiger partial charge in [0.05, 0.1) is 11.8 Å². The molecule has 1 aliphatic carbocycles. The maximum absolute atomic E-state index is 13.0. The van der Waals surface area contributed by atoms with Crippen LogP contribution in [0.2, 0.25) is 0 Å². The Morgan fingerprint density at radius 3 is 2.53 bits per heavy atom. The molecule has 2 aliphatic rings. The maximum atomic E-state index is 13.0. The number of alkyl halides is 3. The van der Waals surface area contributed by atoms with Crippen molar-refractivity contribution < 1.29 is 22.4 Å². The van der Waals surface area contributed by atoms with E-state index in [0.29, 0.717) is 17.3 Å². The van der Waals surface area contributed by atoms with E-state index in [1.165, 1.54) is 0 Å². The van der Waals surface area contributed by atoms with Gasteiger partial charge < -0.3 is 25.7 Å². The highest BCUT2D eigenvalue weighted by atomic mass is 19.4. The number of halogens is 3. The van der Waals surface area contributed by atoms with Gasteiger partial charge in [0, 0.05) is 48.0 Å². The maximum Gasteiger partial charge on any atom is 0.416 e. The SMILES string of the molecule is NC(=O)c1cccc(-c2cnc(N[C@@H]3CCCC[C@H]3NC3CCCN(c4ccc(C(F)(F)F)cc4)C3)o2)c1. The number of rotatable bonds is 7. The number of nitrogens with zero attached hydrogens (tertiary/aromatic N) is 2. The van der Waals surface area contributed by atoms with Crippen LogP contribution in [0.1, 0.15) is 54.4 Å². The molecule has 1 saturated heterocycles. The fraction of sp³-hybridized carbons (Fsp3) is 0.429. The Bertz CT molecular complexity index is 1240. The number of nitrogens with one attached hydrogen (secondary N) is 2. The molecule has 1 aliphatic heterocycles. The molecule has 10 heteroatoms. The average molecular weight is 528 g/mol. The summed E-state index contributed by atoms with van der Waals surface area (Å²) in [5.41, 5.74) is 6.72. The summed E-state index contributed by atoms with van der Waals surface area (Å²) in [6, 6.07) is 13.4. The van der Waals surface area contributed by atoms with Gasteiger partial charge in [-0.25, -0.2) is 4.98 Å². The van der Waals surface area contributed by atoms with Crippen LogP contribution in [-0.2, 0) is 6.18 Å². The fourth-order valence-electron chi connectivity index (χ4n) is 5.47. The molecule has 3 aromatic rings. The van der Waals surface area contributed by atoms with Gasteiger partial charge in [-0.05, 0) is 62.1 Å². The highest BCUT2D eigenvalue weighted by molar-refractivity contribution is 5.93. The Labute approximate surface area is 219 Å². The smallest absolute Gasteiger partial charge is 0.416 e. The number of carbonyl (C=O) groups excluding carboxylic acids is 1. The molecule has 5 rings (SSSR count). The second-order valence-corrected chi connectivity index (χ2v) is 10.1. The summed E-state index contributed by atoms with van der Waals surface area (Å²) < 4.78 is 44.8. The summed E-state index contributed by atoms with van der Waals surface area (Å²) in [5, 5.41) is 7.28. The third-order valence-corrected chi connectivity index (χ3v) is 7.44. The third-order valence-electron chi connectivity index (χ3n) is 7.44. The number of anilines is 2. The van der Waals surface area contributed by atoms with E-state index >= 15 is 0 Å². The molecular formula is C28H32F3N5O2. The van der Waals surface area contributed by atoms with Crippen LogP contribution in [0.4, 0.5) is 24.9 Å². The van der Waals surface area contributed by atoms with E-state index in [4.69, 9.17) is 10.2 Å². The van der Waals surface area contributed by atoms with E-state index in [0.717, 1.165) is 75.0 Å². The molecule has 4 N–H and O–H groups in total. The molecule has 3 atom stereocenters. The molecule has 202 valence electrons. The Balaban J connectivity index is 1.22. The zero-order valence-electron chi connectivity index (χ0n) is 21.0. The average Bonchev–Trinajstić information content (AvgIpc) is 3.38. The number of aromatic nitrogens is 1. The van der Waals surface area contributed by atoms with Crippen LogP contribution >= 0.6 is 0 Å². The quantitative estimate of drug-likeness (QED) is 0.379. The van der Waals surface area contributed by atoms with Crippen LogP contribution in [-0.4, -0.2) is 42.1 Å². The zero-order chi connectivity index (χ0) is 26.7. The Hall–Kier alpha value is -3.53. The first-order valence-corrected chi connectivity index (χ1v) is 13.1. The van der Waals surface area contributed by atoms with Gasteiger partial charge in [-0.1, -0.05) is 25.0 Å². The highest BCUT2D eigenvalue weighted by Crippen LogP contribution is 2.32. The topological polar surface area (TPSA) is 96.4 Å². The van der Waals surface area contributed by atoms with Crippen molar-refractivity contribution in [1.29, 1.82) is 0 Å². The number of benzene rings is 2. The van der Waals surface area contributed by atoms with Crippen molar-refractivity contribution in [3.63, 3.8) is 0 Å². The van der Waals surface area contributed by atoms with Crippen molar-refractivity contribution >= 4 is 17.6 Å². The lowest BCUT2D eigenvalue weighted by Gasteiger charge is -2.40. The van der Waals surface area contributed by atoms with Gasteiger partial charge in [0.25, 0.3) is 6.01 Å². The van der Waals surface area contributed by atoms with Crippen LogP contribution in [0.5, 0.6) is 0 Å². The van der Waals surface area contributed by atoms with Crippen LogP contribution < -0.4 is 21.3 Å². The zero-order valence-corrected chi connectivity index (χ0v) is 21.0. The molecule has 2 aromatic carbocycles. The van der Waals surface area contributed by atoms with E-state index in [1.807, 2.05) is 6.07 Å². The molecule has 0 bridgehead atoms. The van der Waals surface area contributed by atoms with Crippen molar-refractivity contribution in [1.82, 2.24) is 10.3 Å². The highest BCUT2D eigenvalue weighted by Gasteiger charge is 2.32. The number of hydrogen-bond acceptors (Lipinski definition) is 6. The summed E-state index contributed by atoms with van der Waals surface area (Å²) in [6.45, 7) is 1.57. The first-order valence-electron chi connectivity index (χ1n) is 13.1. The van der Waals surface area contributed by atoms with Gasteiger partial charge in [0.2, 0.25) is 5.91 Å². The van der Waals surface area contributed by atoms with Crippen LogP contribution in [0.3, 0.4) is 0 Å². The number of amides is 1. The summed E-state index contributed by atoms with van der Waals surface area (Å²) >= 11 is 0. The number of primary amides is 1. The normalized spacial score (nSPS) is 22.3. The van der Waals surface area contributed by atoms with Crippen molar-refractivity contribution in [2.24, 2.45) is 5.73 Å². The predicted octanol–water partition coefficient (Wildman–Crippen LogP) is 5.44. The lowest BCUT2D eigenvalue weighted by Crippen LogP contribution is -2.54. The van der Waals surface area contributed by atoms with Crippen molar-refractivity contribution in [3.05, 3.63) is 65.9 Å². The lowest BCUT2D eigenvalue weighted by molar-refractivity contribution is -0.137. The number of nitrogens with two attached hydrogens (primary N) is 1. The van der Waals surface area contributed by atoms with Crippen molar-refractivity contribution in [3.8, 4) is 11.3 Å². The molecule has 2 fully saturated rings. The van der Waals surface area contributed by atoms with Crippen LogP contribution in [0.25, 0.3) is 11.3 Å². The first-order chi connectivity index (χ1) is 18.3. The van der Waals surface area contributed by atoms with Gasteiger partial charge >= 0.3 is 6.18 Å². The Morgan fingerprint density at radius 2 is 1.79 bits per heavy atom. The predicted molar refractivity (Wildman–Crippen MR) is 140 cm³/mol. The van der Waals surface area contributed by atoms with Gasteiger partial charge in [-0.15, -0.1) is 0 Å². The first kappa shape index (κ1) is 26.1. The van der Waals surface area contributed by atoms with E-state index in [2.05, 4.69) is 20.5 Å². The minimum atomic E-state index is -4.33. The monoisotopic (exact) mass is 527 g/mol. The van der Waals surface area contributed by atoms with E-state index < -0.39 is 17.6 Å². The van der Waals surface area contributed by atoms with Gasteiger partial charge in [-0.3, -0.25) is 4.79 Å². The minimum absolute atomic E-state index is 0.133. The van der Waals surface area contributed by atoms with Gasteiger partial charge in [0.15, 0.2) is 5.76 Å². The molecule has 1 unspecified atom stereocenters. The number of carbonyl (C=O) groups is 1. The molecule has 0 spiro atoms. The van der Waals surface area contributed by atoms with Gasteiger partial charge in [-0.2, -0.15) is 13.2 Å². The van der Waals surface area contributed by atoms with E-state index in [1.54, 1.807) is 36.5 Å². The van der Waals surface area contributed by atoms with Crippen molar-refractivity contribution in [2.75, 3.05) is 23.3 Å². The number of piperidine rings is 1. The summed E-state index contributed by atoms with van der Waals surface area (Å²) in [6.07, 6.45) is 3.51. The molecule has 0 radical (unpaired) electrons. The van der Waals surface area contributed by atoms with Gasteiger partial charge in [0.1, 0.15) is 0 Å². The van der Waals surface area contributed by atoms with E-state index in [9.17, 15) is 18.0 Å². The summed E-state index contributed by atoms with van der Waals surface area (Å²) in [7, 11) is 0. The second kappa shape index (κ2) is 11.1. The number of oxazole rings is 1. The number of hydrogen-bond donors (Lipinski definition) is 3.